The Morgan fingerprint density at radius 3 is 2.58 bits per heavy atom. The Morgan fingerprint density at radius 1 is 1.05 bits per heavy atom. The van der Waals surface area contributed by atoms with Crippen LogP contribution >= 0.6 is 0 Å². The van der Waals surface area contributed by atoms with E-state index in [9.17, 15) is 0 Å². The van der Waals surface area contributed by atoms with Gasteiger partial charge in [0.25, 0.3) is 0 Å². The largest absolute Gasteiger partial charge is 0.399 e. The molecule has 0 saturated heterocycles. The zero-order valence-electron chi connectivity index (χ0n) is 12.0. The second-order valence-electron chi connectivity index (χ2n) is 5.21. The molecule has 0 radical (unpaired) electrons. The van der Waals surface area contributed by atoms with Gasteiger partial charge in [-0.3, -0.25) is 0 Å². The van der Waals surface area contributed by atoms with E-state index in [0.717, 1.165) is 13.0 Å². The van der Waals surface area contributed by atoms with Gasteiger partial charge in [0, 0.05) is 6.61 Å². The third kappa shape index (κ3) is 3.44. The predicted octanol–water partition coefficient (Wildman–Crippen LogP) is 3.52. The van der Waals surface area contributed by atoms with Gasteiger partial charge in [-0.15, -0.1) is 0 Å². The van der Waals surface area contributed by atoms with E-state index in [4.69, 9.17) is 8.85 Å². The molecule has 0 fully saturated rings. The van der Waals surface area contributed by atoms with Gasteiger partial charge in [0.1, 0.15) is 0 Å². The minimum atomic E-state index is -0.914. The fourth-order valence-electron chi connectivity index (χ4n) is 2.22. The second-order valence-corrected chi connectivity index (χ2v) is 6.14. The molecular formula is C16H22O2Si. The summed E-state index contributed by atoms with van der Waals surface area (Å²) in [7, 11) is -0.914. The van der Waals surface area contributed by atoms with Gasteiger partial charge in [-0.25, -0.2) is 0 Å². The van der Waals surface area contributed by atoms with Crippen LogP contribution in [0.4, 0.5) is 0 Å². The van der Waals surface area contributed by atoms with Crippen LogP contribution in [0.2, 0.25) is 0 Å². The Bertz CT molecular complexity index is 532. The molecule has 0 aliphatic rings. The summed E-state index contributed by atoms with van der Waals surface area (Å²) in [5.41, 5.74) is 0.944. The highest BCUT2D eigenvalue weighted by Gasteiger charge is 2.23. The number of benzene rings is 2. The molecule has 0 spiro atoms. The van der Waals surface area contributed by atoms with E-state index in [0.29, 0.717) is 0 Å². The van der Waals surface area contributed by atoms with Crippen molar-refractivity contribution in [3.63, 3.8) is 0 Å². The van der Waals surface area contributed by atoms with E-state index in [-0.39, 0.29) is 5.60 Å². The summed E-state index contributed by atoms with van der Waals surface area (Å²) >= 11 is 0. The predicted molar refractivity (Wildman–Crippen MR) is 82.8 cm³/mol. The standard InChI is InChI=1S/C16H22O2Si/c1-4-12-17-19-18-16(2,3)15-11-7-9-13-8-5-6-10-14(13)15/h5-11H,4,12,19H2,1-3H3. The molecular weight excluding hydrogens is 252 g/mol. The van der Waals surface area contributed by atoms with Crippen LogP contribution in [0.1, 0.15) is 32.8 Å². The van der Waals surface area contributed by atoms with Crippen molar-refractivity contribution in [3.05, 3.63) is 48.0 Å². The molecule has 0 atom stereocenters. The highest BCUT2D eigenvalue weighted by Crippen LogP contribution is 2.30. The summed E-state index contributed by atoms with van der Waals surface area (Å²) in [5, 5.41) is 2.52. The minimum Gasteiger partial charge on any atom is -0.399 e. The molecule has 102 valence electrons. The van der Waals surface area contributed by atoms with Crippen LogP contribution in [-0.2, 0) is 14.5 Å². The van der Waals surface area contributed by atoms with Gasteiger partial charge in [0.15, 0.2) is 0 Å². The van der Waals surface area contributed by atoms with E-state index in [2.05, 4.69) is 63.2 Å². The highest BCUT2D eigenvalue weighted by molar-refractivity contribution is 6.18. The lowest BCUT2D eigenvalue weighted by Gasteiger charge is -2.27. The molecule has 0 N–H and O–H groups in total. The average molecular weight is 274 g/mol. The van der Waals surface area contributed by atoms with Gasteiger partial charge >= 0.3 is 10.0 Å². The molecule has 0 bridgehead atoms. The Hall–Kier alpha value is -1.16. The van der Waals surface area contributed by atoms with Crippen molar-refractivity contribution in [2.75, 3.05) is 6.61 Å². The van der Waals surface area contributed by atoms with Crippen LogP contribution in [0.5, 0.6) is 0 Å². The fourth-order valence-corrected chi connectivity index (χ4v) is 3.16. The molecule has 0 aromatic heterocycles. The van der Waals surface area contributed by atoms with Gasteiger partial charge < -0.3 is 8.85 Å². The van der Waals surface area contributed by atoms with E-state index in [1.54, 1.807) is 0 Å². The third-order valence-corrected chi connectivity index (χ3v) is 4.58. The van der Waals surface area contributed by atoms with Gasteiger partial charge in [0.2, 0.25) is 0 Å². The lowest BCUT2D eigenvalue weighted by molar-refractivity contribution is 0.0809. The van der Waals surface area contributed by atoms with Crippen molar-refractivity contribution in [1.82, 2.24) is 0 Å². The molecule has 0 saturated carbocycles. The van der Waals surface area contributed by atoms with Crippen molar-refractivity contribution in [2.24, 2.45) is 0 Å². The third-order valence-electron chi connectivity index (χ3n) is 3.29. The smallest absolute Gasteiger partial charge is 0.305 e. The van der Waals surface area contributed by atoms with E-state index in [1.165, 1.54) is 16.3 Å². The van der Waals surface area contributed by atoms with Crippen LogP contribution in [0.3, 0.4) is 0 Å². The van der Waals surface area contributed by atoms with Crippen LogP contribution in [0.25, 0.3) is 10.8 Å². The van der Waals surface area contributed by atoms with Crippen molar-refractivity contribution in [1.29, 1.82) is 0 Å². The molecule has 0 unspecified atom stereocenters. The molecule has 2 nitrogen and oxygen atoms in total. The first-order valence-corrected chi connectivity index (χ1v) is 8.00. The summed E-state index contributed by atoms with van der Waals surface area (Å²) < 4.78 is 11.6. The maximum atomic E-state index is 6.04. The second kappa shape index (κ2) is 6.33. The first kappa shape index (κ1) is 14.3. The number of hydrogen-bond acceptors (Lipinski definition) is 2. The summed E-state index contributed by atoms with van der Waals surface area (Å²) in [6.45, 7) is 7.16. The first-order chi connectivity index (χ1) is 9.15. The normalized spacial score (nSPS) is 12.6. The zero-order chi connectivity index (χ0) is 13.7. The molecule has 0 aliphatic carbocycles. The lowest BCUT2D eigenvalue weighted by Crippen LogP contribution is -2.25. The average Bonchev–Trinajstić information content (AvgIpc) is 2.43. The van der Waals surface area contributed by atoms with E-state index >= 15 is 0 Å². The van der Waals surface area contributed by atoms with Crippen LogP contribution in [0.15, 0.2) is 42.5 Å². The number of rotatable bonds is 6. The Kier molecular flexibility index (Phi) is 4.74. The Balaban J connectivity index is 2.22. The minimum absolute atomic E-state index is 0.291. The Labute approximate surface area is 117 Å². The van der Waals surface area contributed by atoms with E-state index < -0.39 is 10.0 Å². The van der Waals surface area contributed by atoms with Gasteiger partial charge in [-0.1, -0.05) is 49.4 Å². The zero-order valence-corrected chi connectivity index (χ0v) is 13.4. The molecule has 2 aromatic rings. The molecule has 2 aromatic carbocycles. The van der Waals surface area contributed by atoms with Crippen LogP contribution in [0, 0.1) is 0 Å². The van der Waals surface area contributed by atoms with Crippen LogP contribution in [-0.4, -0.2) is 16.6 Å². The van der Waals surface area contributed by atoms with Crippen molar-refractivity contribution >= 4 is 20.8 Å². The van der Waals surface area contributed by atoms with Crippen molar-refractivity contribution in [3.8, 4) is 0 Å². The highest BCUT2D eigenvalue weighted by atomic mass is 28.3. The molecule has 0 amide bonds. The van der Waals surface area contributed by atoms with Gasteiger partial charge in [-0.05, 0) is 36.6 Å². The van der Waals surface area contributed by atoms with Gasteiger partial charge in [-0.2, -0.15) is 0 Å². The molecule has 19 heavy (non-hydrogen) atoms. The summed E-state index contributed by atoms with van der Waals surface area (Å²) in [5.74, 6) is 0. The summed E-state index contributed by atoms with van der Waals surface area (Å²) in [6, 6.07) is 14.8. The molecule has 0 heterocycles. The maximum Gasteiger partial charge on any atom is 0.305 e. The molecule has 0 aliphatic heterocycles. The summed E-state index contributed by atoms with van der Waals surface area (Å²) in [6.07, 6.45) is 1.05. The van der Waals surface area contributed by atoms with Gasteiger partial charge in [0.05, 0.1) is 5.60 Å². The lowest BCUT2D eigenvalue weighted by atomic mass is 9.93. The monoisotopic (exact) mass is 274 g/mol. The van der Waals surface area contributed by atoms with Crippen LogP contribution < -0.4 is 0 Å². The molecule has 3 heteroatoms. The number of fused-ring (bicyclic) bond motifs is 1. The SMILES string of the molecule is CCCO[SiH2]OC(C)(C)c1cccc2ccccc12. The maximum absolute atomic E-state index is 6.04. The van der Waals surface area contributed by atoms with Crippen molar-refractivity contribution in [2.45, 2.75) is 32.8 Å². The van der Waals surface area contributed by atoms with E-state index in [1.807, 2.05) is 0 Å². The number of hydrogen-bond donors (Lipinski definition) is 0. The van der Waals surface area contributed by atoms with Crippen molar-refractivity contribution < 1.29 is 8.85 Å². The Morgan fingerprint density at radius 2 is 1.79 bits per heavy atom. The first-order valence-electron chi connectivity index (χ1n) is 6.85. The fraction of sp³-hybridized carbons (Fsp3) is 0.375. The molecule has 2 rings (SSSR count). The summed E-state index contributed by atoms with van der Waals surface area (Å²) in [4.78, 5) is 0. The topological polar surface area (TPSA) is 18.5 Å². The quantitative estimate of drug-likeness (QED) is 0.593.